The van der Waals surface area contributed by atoms with E-state index in [0.29, 0.717) is 19.6 Å². The van der Waals surface area contributed by atoms with Crippen LogP contribution in [0.15, 0.2) is 0 Å². The Morgan fingerprint density at radius 2 is 2.06 bits per heavy atom. The van der Waals surface area contributed by atoms with Gasteiger partial charge in [-0.15, -0.1) is 0 Å². The highest BCUT2D eigenvalue weighted by atomic mass is 16.5. The number of nitrogens with one attached hydrogen (secondary N) is 1. The van der Waals surface area contributed by atoms with Crippen molar-refractivity contribution in [1.29, 1.82) is 0 Å². The maximum atomic E-state index is 11.6. The van der Waals surface area contributed by atoms with Gasteiger partial charge in [-0.1, -0.05) is 0 Å². The minimum Gasteiger partial charge on any atom is -0.385 e. The van der Waals surface area contributed by atoms with Gasteiger partial charge in [-0.2, -0.15) is 0 Å². The number of rotatable bonds is 7. The Kier molecular flexibility index (Phi) is 7.19. The lowest BCUT2D eigenvalue weighted by atomic mass is 10.2. The Labute approximate surface area is 109 Å². The molecule has 0 spiro atoms. The van der Waals surface area contributed by atoms with Crippen molar-refractivity contribution in [3.05, 3.63) is 0 Å². The minimum absolute atomic E-state index is 0.0822. The van der Waals surface area contributed by atoms with E-state index in [9.17, 15) is 4.79 Å². The summed E-state index contributed by atoms with van der Waals surface area (Å²) < 4.78 is 4.90. The van der Waals surface area contributed by atoms with Crippen molar-refractivity contribution < 1.29 is 9.53 Å². The molecule has 0 radical (unpaired) electrons. The first-order chi connectivity index (χ1) is 8.63. The van der Waals surface area contributed by atoms with Crippen LogP contribution in [0.3, 0.4) is 0 Å². The second-order valence-electron chi connectivity index (χ2n) is 4.82. The third-order valence-electron chi connectivity index (χ3n) is 3.29. The summed E-state index contributed by atoms with van der Waals surface area (Å²) in [6.07, 6.45) is 0.566. The van der Waals surface area contributed by atoms with E-state index < -0.39 is 6.04 Å². The molecule has 6 heteroatoms. The van der Waals surface area contributed by atoms with Gasteiger partial charge in [0.15, 0.2) is 0 Å². The highest BCUT2D eigenvalue weighted by molar-refractivity contribution is 5.81. The zero-order chi connectivity index (χ0) is 13.4. The highest BCUT2D eigenvalue weighted by Gasteiger charge is 2.15. The van der Waals surface area contributed by atoms with Crippen LogP contribution in [0.25, 0.3) is 0 Å². The average Bonchev–Trinajstić information content (AvgIpc) is 2.38. The molecule has 0 aromatic heterocycles. The van der Waals surface area contributed by atoms with E-state index in [-0.39, 0.29) is 5.91 Å². The van der Waals surface area contributed by atoms with Crippen molar-refractivity contribution >= 4 is 5.91 Å². The van der Waals surface area contributed by atoms with Gasteiger partial charge in [0.2, 0.25) is 5.91 Å². The molecule has 0 saturated carbocycles. The predicted molar refractivity (Wildman–Crippen MR) is 71.4 cm³/mol. The molecule has 1 saturated heterocycles. The average molecular weight is 258 g/mol. The lowest BCUT2D eigenvalue weighted by Crippen LogP contribution is -2.48. The fourth-order valence-electron chi connectivity index (χ4n) is 1.92. The van der Waals surface area contributed by atoms with Crippen molar-refractivity contribution in [3.63, 3.8) is 0 Å². The molecule has 1 heterocycles. The molecule has 18 heavy (non-hydrogen) atoms. The molecule has 1 atom stereocenters. The third kappa shape index (κ3) is 5.77. The minimum atomic E-state index is -0.461. The van der Waals surface area contributed by atoms with Gasteiger partial charge in [-0.05, 0) is 13.5 Å². The van der Waals surface area contributed by atoms with Crippen LogP contribution < -0.4 is 11.1 Å². The standard InChI is InChI=1S/C12H26N4O2/c1-15-6-8-16(9-7-15)5-4-14-12(17)11(13)3-10-18-2/h11H,3-10,13H2,1-2H3,(H,14,17). The van der Waals surface area contributed by atoms with Crippen LogP contribution in [0.5, 0.6) is 0 Å². The van der Waals surface area contributed by atoms with E-state index >= 15 is 0 Å². The molecular weight excluding hydrogens is 232 g/mol. The predicted octanol–water partition coefficient (Wildman–Crippen LogP) is -1.29. The molecule has 0 aromatic rings. The monoisotopic (exact) mass is 258 g/mol. The fraction of sp³-hybridized carbons (Fsp3) is 0.917. The molecule has 1 aliphatic rings. The molecule has 0 aliphatic carbocycles. The van der Waals surface area contributed by atoms with Gasteiger partial charge in [0.05, 0.1) is 6.04 Å². The number of methoxy groups -OCH3 is 1. The van der Waals surface area contributed by atoms with Crippen LogP contribution in [0.1, 0.15) is 6.42 Å². The lowest BCUT2D eigenvalue weighted by Gasteiger charge is -2.32. The number of carbonyl (C=O) groups is 1. The summed E-state index contributed by atoms with van der Waals surface area (Å²) in [5, 5.41) is 2.88. The quantitative estimate of drug-likeness (QED) is 0.595. The van der Waals surface area contributed by atoms with Crippen LogP contribution in [-0.2, 0) is 9.53 Å². The molecular formula is C12H26N4O2. The largest absolute Gasteiger partial charge is 0.385 e. The molecule has 1 amide bonds. The van der Waals surface area contributed by atoms with Crippen molar-refractivity contribution in [1.82, 2.24) is 15.1 Å². The Hall–Kier alpha value is -0.690. The fourth-order valence-corrected chi connectivity index (χ4v) is 1.92. The second kappa shape index (κ2) is 8.42. The van der Waals surface area contributed by atoms with Gasteiger partial charge < -0.3 is 20.7 Å². The molecule has 1 unspecified atom stereocenters. The summed E-state index contributed by atoms with van der Waals surface area (Å²) in [7, 11) is 3.74. The first-order valence-corrected chi connectivity index (χ1v) is 6.56. The van der Waals surface area contributed by atoms with Crippen molar-refractivity contribution in [2.45, 2.75) is 12.5 Å². The molecule has 0 aromatic carbocycles. The first-order valence-electron chi connectivity index (χ1n) is 6.56. The van der Waals surface area contributed by atoms with Gasteiger partial charge in [-0.25, -0.2) is 0 Å². The van der Waals surface area contributed by atoms with E-state index in [0.717, 1.165) is 32.7 Å². The number of likely N-dealkylation sites (N-methyl/N-ethyl adjacent to an activating group) is 1. The zero-order valence-electron chi connectivity index (χ0n) is 11.5. The smallest absolute Gasteiger partial charge is 0.237 e. The summed E-state index contributed by atoms with van der Waals surface area (Å²) in [5.41, 5.74) is 5.73. The van der Waals surface area contributed by atoms with Gasteiger partial charge in [0.25, 0.3) is 0 Å². The third-order valence-corrected chi connectivity index (χ3v) is 3.29. The summed E-state index contributed by atoms with van der Waals surface area (Å²) in [5.74, 6) is -0.0822. The summed E-state index contributed by atoms with van der Waals surface area (Å²) in [6, 6.07) is -0.461. The Morgan fingerprint density at radius 3 is 2.67 bits per heavy atom. The van der Waals surface area contributed by atoms with Crippen molar-refractivity contribution in [2.24, 2.45) is 5.73 Å². The maximum absolute atomic E-state index is 11.6. The van der Waals surface area contributed by atoms with Gasteiger partial charge in [0, 0.05) is 53.0 Å². The number of nitrogens with two attached hydrogens (primary N) is 1. The van der Waals surface area contributed by atoms with Gasteiger partial charge in [0.1, 0.15) is 0 Å². The van der Waals surface area contributed by atoms with Crippen molar-refractivity contribution in [3.8, 4) is 0 Å². The molecule has 6 nitrogen and oxygen atoms in total. The number of hydrogen-bond donors (Lipinski definition) is 2. The van der Waals surface area contributed by atoms with Crippen LogP contribution in [0.2, 0.25) is 0 Å². The van der Waals surface area contributed by atoms with Gasteiger partial charge >= 0.3 is 0 Å². The summed E-state index contributed by atoms with van der Waals surface area (Å²) >= 11 is 0. The molecule has 106 valence electrons. The lowest BCUT2D eigenvalue weighted by molar-refractivity contribution is -0.122. The number of nitrogens with zero attached hydrogens (tertiary/aromatic N) is 2. The molecule has 1 fully saturated rings. The first kappa shape index (κ1) is 15.4. The maximum Gasteiger partial charge on any atom is 0.237 e. The highest BCUT2D eigenvalue weighted by Crippen LogP contribution is 1.97. The number of piperazine rings is 1. The topological polar surface area (TPSA) is 70.8 Å². The molecule has 3 N–H and O–H groups in total. The normalized spacial score (nSPS) is 19.7. The summed E-state index contributed by atoms with van der Waals surface area (Å²) in [6.45, 7) is 6.43. The van der Waals surface area contributed by atoms with Crippen LogP contribution >= 0.6 is 0 Å². The van der Waals surface area contributed by atoms with E-state index in [4.69, 9.17) is 10.5 Å². The number of ether oxygens (including phenoxy) is 1. The van der Waals surface area contributed by atoms with Gasteiger partial charge in [-0.3, -0.25) is 9.69 Å². The van der Waals surface area contributed by atoms with Crippen LogP contribution in [-0.4, -0.2) is 81.8 Å². The zero-order valence-corrected chi connectivity index (χ0v) is 11.5. The Balaban J connectivity index is 2.08. The summed E-state index contributed by atoms with van der Waals surface area (Å²) in [4.78, 5) is 16.3. The Morgan fingerprint density at radius 1 is 1.39 bits per heavy atom. The molecule has 1 aliphatic heterocycles. The van der Waals surface area contributed by atoms with E-state index in [1.165, 1.54) is 0 Å². The number of carbonyl (C=O) groups excluding carboxylic acids is 1. The molecule has 1 rings (SSSR count). The Bertz CT molecular complexity index is 242. The van der Waals surface area contributed by atoms with Crippen LogP contribution in [0, 0.1) is 0 Å². The van der Waals surface area contributed by atoms with Crippen LogP contribution in [0.4, 0.5) is 0 Å². The molecule has 0 bridgehead atoms. The second-order valence-corrected chi connectivity index (χ2v) is 4.82. The van der Waals surface area contributed by atoms with E-state index in [1.807, 2.05) is 0 Å². The SMILES string of the molecule is COCCC(N)C(=O)NCCN1CCN(C)CC1. The van der Waals surface area contributed by atoms with Crippen molar-refractivity contribution in [2.75, 3.05) is 60.0 Å². The number of hydrogen-bond acceptors (Lipinski definition) is 5. The van der Waals surface area contributed by atoms with E-state index in [1.54, 1.807) is 7.11 Å². The van der Waals surface area contributed by atoms with E-state index in [2.05, 4.69) is 22.2 Å². The number of amides is 1.